The Morgan fingerprint density at radius 3 is 2.93 bits per heavy atom. The molecule has 0 fully saturated rings. The molecule has 1 heterocycles. The van der Waals surface area contributed by atoms with Gasteiger partial charge in [0.1, 0.15) is 11.9 Å². The number of ketones is 1. The van der Waals surface area contributed by atoms with Crippen LogP contribution < -0.4 is 0 Å². The smallest absolute Gasteiger partial charge is 0.234 e. The van der Waals surface area contributed by atoms with Gasteiger partial charge >= 0.3 is 0 Å². The second-order valence-electron chi connectivity index (χ2n) is 3.02. The van der Waals surface area contributed by atoms with E-state index in [1.165, 1.54) is 6.92 Å². The van der Waals surface area contributed by atoms with Crippen molar-refractivity contribution < 1.29 is 14.1 Å². The van der Waals surface area contributed by atoms with Crippen LogP contribution in [0.4, 0.5) is 0 Å². The molecule has 0 amide bonds. The number of Topliss-reactive ketones (excluding diaryl/α,β-unsaturated/α-hetero) is 1. The van der Waals surface area contributed by atoms with E-state index in [1.54, 1.807) is 0 Å². The molecule has 5 heteroatoms. The molecule has 0 saturated heterocycles. The summed E-state index contributed by atoms with van der Waals surface area (Å²) < 4.78 is 10.2. The summed E-state index contributed by atoms with van der Waals surface area (Å²) in [5, 5.41) is 3.72. The summed E-state index contributed by atoms with van der Waals surface area (Å²) in [6, 6.07) is 0. The van der Waals surface area contributed by atoms with Crippen molar-refractivity contribution in [1.29, 1.82) is 0 Å². The fraction of sp³-hybridized carbons (Fsp3) is 0.667. The largest absolute Gasteiger partial charge is 0.371 e. The summed E-state index contributed by atoms with van der Waals surface area (Å²) >= 11 is 0. The first-order valence-electron chi connectivity index (χ1n) is 4.57. The standard InChI is InChI=1S/C9H14N2O3/c1-4-13-7(3)9-10-8(14-11-9)5-6(2)12/h7H,4-5H2,1-3H3. The quantitative estimate of drug-likeness (QED) is 0.713. The number of hydrogen-bond donors (Lipinski definition) is 0. The molecule has 5 nitrogen and oxygen atoms in total. The minimum atomic E-state index is -0.190. The molecular weight excluding hydrogens is 184 g/mol. The molecular formula is C9H14N2O3. The van der Waals surface area contributed by atoms with Gasteiger partial charge in [0.25, 0.3) is 0 Å². The highest BCUT2D eigenvalue weighted by Gasteiger charge is 2.14. The Balaban J connectivity index is 2.62. The van der Waals surface area contributed by atoms with Gasteiger partial charge in [-0.05, 0) is 20.8 Å². The van der Waals surface area contributed by atoms with Gasteiger partial charge in [-0.1, -0.05) is 5.16 Å². The maximum Gasteiger partial charge on any atom is 0.234 e. The SMILES string of the molecule is CCOC(C)c1noc(CC(C)=O)n1. The van der Waals surface area contributed by atoms with Crippen molar-refractivity contribution >= 4 is 5.78 Å². The lowest BCUT2D eigenvalue weighted by atomic mass is 10.3. The third-order valence-corrected chi connectivity index (χ3v) is 1.66. The molecule has 1 aromatic rings. The molecule has 0 spiro atoms. The van der Waals surface area contributed by atoms with Crippen LogP contribution in [-0.4, -0.2) is 22.5 Å². The van der Waals surface area contributed by atoms with Gasteiger partial charge < -0.3 is 9.26 Å². The Morgan fingerprint density at radius 2 is 2.36 bits per heavy atom. The molecule has 14 heavy (non-hydrogen) atoms. The lowest BCUT2D eigenvalue weighted by molar-refractivity contribution is -0.116. The Kier molecular flexibility index (Phi) is 3.76. The highest BCUT2D eigenvalue weighted by Crippen LogP contribution is 2.12. The van der Waals surface area contributed by atoms with Crippen molar-refractivity contribution in [3.8, 4) is 0 Å². The predicted octanol–water partition coefficient (Wildman–Crippen LogP) is 1.30. The maximum absolute atomic E-state index is 10.8. The third kappa shape index (κ3) is 2.92. The minimum Gasteiger partial charge on any atom is -0.371 e. The average Bonchev–Trinajstić information content (AvgIpc) is 2.52. The van der Waals surface area contributed by atoms with Gasteiger partial charge in [-0.15, -0.1) is 0 Å². The number of nitrogens with zero attached hydrogens (tertiary/aromatic N) is 2. The van der Waals surface area contributed by atoms with Crippen LogP contribution in [0.1, 0.15) is 38.6 Å². The van der Waals surface area contributed by atoms with Gasteiger partial charge in [0.2, 0.25) is 5.89 Å². The van der Waals surface area contributed by atoms with Crippen LogP contribution in [0.15, 0.2) is 4.52 Å². The first-order valence-corrected chi connectivity index (χ1v) is 4.57. The van der Waals surface area contributed by atoms with E-state index in [9.17, 15) is 4.79 Å². The second kappa shape index (κ2) is 4.85. The molecule has 1 atom stereocenters. The van der Waals surface area contributed by atoms with Crippen LogP contribution in [0.25, 0.3) is 0 Å². The summed E-state index contributed by atoms with van der Waals surface area (Å²) in [5.41, 5.74) is 0. The zero-order valence-electron chi connectivity index (χ0n) is 8.61. The maximum atomic E-state index is 10.8. The number of hydrogen-bond acceptors (Lipinski definition) is 5. The summed E-state index contributed by atoms with van der Waals surface area (Å²) in [6.07, 6.45) is -0.00396. The van der Waals surface area contributed by atoms with Crippen LogP contribution in [-0.2, 0) is 16.0 Å². The first-order chi connectivity index (χ1) is 6.63. The van der Waals surface area contributed by atoms with E-state index in [0.717, 1.165) is 0 Å². The predicted molar refractivity (Wildman–Crippen MR) is 48.7 cm³/mol. The monoisotopic (exact) mass is 198 g/mol. The molecule has 1 unspecified atom stereocenters. The van der Waals surface area contributed by atoms with Crippen molar-refractivity contribution in [2.24, 2.45) is 0 Å². The molecule has 78 valence electrons. The Bertz CT molecular complexity index is 309. The van der Waals surface area contributed by atoms with Gasteiger partial charge in [0.15, 0.2) is 5.82 Å². The van der Waals surface area contributed by atoms with Crippen molar-refractivity contribution in [2.75, 3.05) is 6.61 Å². The molecule has 0 aliphatic carbocycles. The van der Waals surface area contributed by atoms with Crippen molar-refractivity contribution in [3.63, 3.8) is 0 Å². The molecule has 0 aliphatic rings. The average molecular weight is 198 g/mol. The second-order valence-corrected chi connectivity index (χ2v) is 3.02. The lowest BCUT2D eigenvalue weighted by Crippen LogP contribution is -2.02. The molecule has 1 aromatic heterocycles. The summed E-state index contributed by atoms with van der Waals surface area (Å²) in [5.74, 6) is 0.839. The fourth-order valence-corrected chi connectivity index (χ4v) is 1.04. The van der Waals surface area contributed by atoms with Gasteiger partial charge in [-0.25, -0.2) is 0 Å². The van der Waals surface area contributed by atoms with E-state index in [0.29, 0.717) is 18.3 Å². The van der Waals surface area contributed by atoms with Gasteiger partial charge in [0.05, 0.1) is 6.42 Å². The number of rotatable bonds is 5. The van der Waals surface area contributed by atoms with Crippen molar-refractivity contribution in [2.45, 2.75) is 33.3 Å². The molecule has 0 aromatic carbocycles. The van der Waals surface area contributed by atoms with Gasteiger partial charge in [0, 0.05) is 6.61 Å². The molecule has 0 N–H and O–H groups in total. The topological polar surface area (TPSA) is 65.2 Å². The van der Waals surface area contributed by atoms with Gasteiger partial charge in [-0.3, -0.25) is 4.79 Å². The molecule has 0 saturated carbocycles. The van der Waals surface area contributed by atoms with Gasteiger partial charge in [-0.2, -0.15) is 4.98 Å². The van der Waals surface area contributed by atoms with E-state index in [2.05, 4.69) is 10.1 Å². The minimum absolute atomic E-state index is 0.00395. The lowest BCUT2D eigenvalue weighted by Gasteiger charge is -2.04. The third-order valence-electron chi connectivity index (χ3n) is 1.66. The molecule has 0 bridgehead atoms. The van der Waals surface area contributed by atoms with Crippen LogP contribution >= 0.6 is 0 Å². The number of carbonyl (C=O) groups excluding carboxylic acids is 1. The summed E-state index contributed by atoms with van der Waals surface area (Å²) in [6.45, 7) is 5.81. The van der Waals surface area contributed by atoms with E-state index in [-0.39, 0.29) is 18.3 Å². The number of aromatic nitrogens is 2. The molecule has 1 rings (SSSR count). The van der Waals surface area contributed by atoms with E-state index in [1.807, 2.05) is 13.8 Å². The Labute approximate surface area is 82.4 Å². The molecule has 0 aliphatic heterocycles. The Morgan fingerprint density at radius 1 is 1.64 bits per heavy atom. The number of ether oxygens (including phenoxy) is 1. The normalized spacial score (nSPS) is 12.8. The van der Waals surface area contributed by atoms with E-state index >= 15 is 0 Å². The summed E-state index contributed by atoms with van der Waals surface area (Å²) in [7, 11) is 0. The first kappa shape index (κ1) is 10.8. The highest BCUT2D eigenvalue weighted by molar-refractivity contribution is 5.77. The van der Waals surface area contributed by atoms with Crippen molar-refractivity contribution in [1.82, 2.24) is 10.1 Å². The zero-order valence-corrected chi connectivity index (χ0v) is 8.61. The zero-order chi connectivity index (χ0) is 10.6. The van der Waals surface area contributed by atoms with Crippen LogP contribution in [0.2, 0.25) is 0 Å². The van der Waals surface area contributed by atoms with Crippen LogP contribution in [0.3, 0.4) is 0 Å². The summed E-state index contributed by atoms with van der Waals surface area (Å²) in [4.78, 5) is 14.8. The number of carbonyl (C=O) groups is 1. The Hall–Kier alpha value is -1.23. The van der Waals surface area contributed by atoms with Crippen molar-refractivity contribution in [3.05, 3.63) is 11.7 Å². The van der Waals surface area contributed by atoms with Crippen LogP contribution in [0, 0.1) is 0 Å². The van der Waals surface area contributed by atoms with Crippen LogP contribution in [0.5, 0.6) is 0 Å². The highest BCUT2D eigenvalue weighted by atomic mass is 16.5. The van der Waals surface area contributed by atoms with E-state index in [4.69, 9.17) is 9.26 Å². The van der Waals surface area contributed by atoms with E-state index < -0.39 is 0 Å². The fourth-order valence-electron chi connectivity index (χ4n) is 1.04. The molecule has 0 radical (unpaired) electrons.